The van der Waals surface area contributed by atoms with Crippen molar-refractivity contribution in [3.63, 3.8) is 0 Å². The Balaban J connectivity index is 0.00000420. The van der Waals surface area contributed by atoms with E-state index in [1.165, 1.54) is 0 Å². The molecule has 4 rings (SSSR count). The van der Waals surface area contributed by atoms with Crippen LogP contribution < -0.4 is 26.8 Å². The minimum Gasteiger partial charge on any atom is -0.494 e. The molecule has 214 valence electrons. The first-order valence-electron chi connectivity index (χ1n) is 14.2. The van der Waals surface area contributed by atoms with E-state index in [1.54, 1.807) is 0 Å². The Morgan fingerprint density at radius 1 is 0.821 bits per heavy atom. The Morgan fingerprint density at radius 2 is 1.31 bits per heavy atom. The molecule has 6 N–H and O–H groups in total. The molecule has 0 aliphatic heterocycles. The molecule has 0 saturated heterocycles. The second-order valence-electron chi connectivity index (χ2n) is 11.2. The second kappa shape index (κ2) is 13.6. The number of para-hydroxylation sites is 1. The zero-order chi connectivity index (χ0) is 27.2. The van der Waals surface area contributed by atoms with Crippen molar-refractivity contribution in [2.24, 2.45) is 34.1 Å². The molecule has 8 heteroatoms. The SMILES string of the molecule is CCOc1ccc(NC(=O)C2(C3(C(=O)Nc4ccccc4C)CCC(CN)CC3)CCC(CN)CC2)cc1.Cl. The van der Waals surface area contributed by atoms with Gasteiger partial charge in [0.1, 0.15) is 5.75 Å². The van der Waals surface area contributed by atoms with Gasteiger partial charge in [-0.05, 0) is 126 Å². The first-order chi connectivity index (χ1) is 18.4. The molecule has 0 bridgehead atoms. The first kappa shape index (κ1) is 30.9. The number of halogens is 1. The molecule has 2 aliphatic rings. The molecule has 0 unspecified atom stereocenters. The van der Waals surface area contributed by atoms with Crippen molar-refractivity contribution in [1.29, 1.82) is 0 Å². The molecule has 2 fully saturated rings. The van der Waals surface area contributed by atoms with Gasteiger partial charge in [-0.15, -0.1) is 12.4 Å². The molecule has 2 aromatic carbocycles. The van der Waals surface area contributed by atoms with E-state index >= 15 is 0 Å². The first-order valence-corrected chi connectivity index (χ1v) is 14.2. The van der Waals surface area contributed by atoms with Crippen LogP contribution in [-0.4, -0.2) is 31.5 Å². The van der Waals surface area contributed by atoms with E-state index in [0.717, 1.165) is 42.7 Å². The number of carbonyl (C=O) groups is 2. The lowest BCUT2D eigenvalue weighted by Gasteiger charge is -2.54. The van der Waals surface area contributed by atoms with Gasteiger partial charge < -0.3 is 26.8 Å². The van der Waals surface area contributed by atoms with Crippen molar-refractivity contribution in [2.75, 3.05) is 30.3 Å². The van der Waals surface area contributed by atoms with Crippen LogP contribution in [0.15, 0.2) is 48.5 Å². The Labute approximate surface area is 239 Å². The van der Waals surface area contributed by atoms with Crippen molar-refractivity contribution in [3.8, 4) is 5.75 Å². The predicted octanol–water partition coefficient (Wildman–Crippen LogP) is 5.66. The third-order valence-corrected chi connectivity index (χ3v) is 9.19. The van der Waals surface area contributed by atoms with Gasteiger partial charge in [0.05, 0.1) is 17.4 Å². The number of hydrogen-bond donors (Lipinski definition) is 4. The number of hydrogen-bond acceptors (Lipinski definition) is 5. The van der Waals surface area contributed by atoms with Crippen LogP contribution in [0.25, 0.3) is 0 Å². The number of ether oxygens (including phenoxy) is 1. The molecule has 0 aromatic heterocycles. The molecular weight excluding hydrogens is 512 g/mol. The fourth-order valence-corrected chi connectivity index (χ4v) is 6.67. The minimum absolute atomic E-state index is 0. The molecule has 0 heterocycles. The molecule has 7 nitrogen and oxygen atoms in total. The summed E-state index contributed by atoms with van der Waals surface area (Å²) in [6.07, 6.45) is 5.96. The van der Waals surface area contributed by atoms with Crippen molar-refractivity contribution >= 4 is 35.6 Å². The lowest BCUT2D eigenvalue weighted by Crippen LogP contribution is -2.59. The van der Waals surface area contributed by atoms with Crippen LogP contribution in [0.3, 0.4) is 0 Å². The zero-order valence-electron chi connectivity index (χ0n) is 23.3. The van der Waals surface area contributed by atoms with Crippen molar-refractivity contribution in [3.05, 3.63) is 54.1 Å². The summed E-state index contributed by atoms with van der Waals surface area (Å²) in [5, 5.41) is 6.45. The summed E-state index contributed by atoms with van der Waals surface area (Å²) >= 11 is 0. The highest BCUT2D eigenvalue weighted by Crippen LogP contribution is 2.59. The number of rotatable bonds is 9. The Kier molecular flexibility index (Phi) is 10.8. The fourth-order valence-electron chi connectivity index (χ4n) is 6.67. The Morgan fingerprint density at radius 3 is 1.77 bits per heavy atom. The van der Waals surface area contributed by atoms with Gasteiger partial charge in [0, 0.05) is 11.4 Å². The summed E-state index contributed by atoms with van der Waals surface area (Å²) in [6, 6.07) is 15.3. The maximum absolute atomic E-state index is 14.4. The summed E-state index contributed by atoms with van der Waals surface area (Å²) in [6.45, 7) is 5.73. The summed E-state index contributed by atoms with van der Waals surface area (Å²) in [7, 11) is 0. The van der Waals surface area contributed by atoms with E-state index in [2.05, 4.69) is 10.6 Å². The van der Waals surface area contributed by atoms with E-state index in [1.807, 2.05) is 62.4 Å². The van der Waals surface area contributed by atoms with E-state index in [9.17, 15) is 9.59 Å². The lowest BCUT2D eigenvalue weighted by molar-refractivity contribution is -0.155. The van der Waals surface area contributed by atoms with Crippen molar-refractivity contribution in [2.45, 2.75) is 65.2 Å². The molecule has 0 radical (unpaired) electrons. The van der Waals surface area contributed by atoms with Crippen LogP contribution in [-0.2, 0) is 9.59 Å². The molecule has 2 aromatic rings. The standard InChI is InChI=1S/C31H44N4O3.ClH/c1-3-38-26-10-8-25(9-11-26)34-28(36)30(16-12-23(20-32)13-17-30)31(18-14-24(21-33)15-19-31)29(37)35-27-7-5-4-6-22(27)2;/h4-11,23-24H,3,12-21,32-33H2,1-2H3,(H,34,36)(H,35,37);1H. The highest BCUT2D eigenvalue weighted by Gasteiger charge is 2.61. The summed E-state index contributed by atoms with van der Waals surface area (Å²) in [4.78, 5) is 28.8. The molecular formula is C31H45ClN4O3. The van der Waals surface area contributed by atoms with E-state index in [0.29, 0.717) is 62.9 Å². The molecule has 2 saturated carbocycles. The number of benzene rings is 2. The van der Waals surface area contributed by atoms with Crippen LogP contribution in [0, 0.1) is 29.6 Å². The smallest absolute Gasteiger partial charge is 0.231 e. The van der Waals surface area contributed by atoms with Crippen molar-refractivity contribution < 1.29 is 14.3 Å². The number of carbonyl (C=O) groups excluding carboxylic acids is 2. The quantitative estimate of drug-likeness (QED) is 0.317. The van der Waals surface area contributed by atoms with Crippen LogP contribution in [0.5, 0.6) is 5.75 Å². The topological polar surface area (TPSA) is 119 Å². The lowest BCUT2D eigenvalue weighted by atomic mass is 9.49. The van der Waals surface area contributed by atoms with Gasteiger partial charge in [-0.25, -0.2) is 0 Å². The molecule has 2 aliphatic carbocycles. The fraction of sp³-hybridized carbons (Fsp3) is 0.548. The van der Waals surface area contributed by atoms with E-state index in [-0.39, 0.29) is 24.2 Å². The van der Waals surface area contributed by atoms with Gasteiger partial charge >= 0.3 is 0 Å². The number of nitrogens with one attached hydrogen (secondary N) is 2. The van der Waals surface area contributed by atoms with Gasteiger partial charge in [0.15, 0.2) is 0 Å². The highest BCUT2D eigenvalue weighted by molar-refractivity contribution is 6.04. The zero-order valence-corrected chi connectivity index (χ0v) is 24.2. The van der Waals surface area contributed by atoms with Gasteiger partial charge in [-0.1, -0.05) is 18.2 Å². The summed E-state index contributed by atoms with van der Waals surface area (Å²) in [5.41, 5.74) is 13.0. The third-order valence-electron chi connectivity index (χ3n) is 9.19. The Bertz CT molecular complexity index is 1090. The summed E-state index contributed by atoms with van der Waals surface area (Å²) in [5.74, 6) is 1.40. The number of amides is 2. The van der Waals surface area contributed by atoms with Crippen LogP contribution in [0.2, 0.25) is 0 Å². The number of aryl methyl sites for hydroxylation is 1. The molecule has 39 heavy (non-hydrogen) atoms. The van der Waals surface area contributed by atoms with Gasteiger partial charge in [-0.3, -0.25) is 9.59 Å². The van der Waals surface area contributed by atoms with Gasteiger partial charge in [0.25, 0.3) is 0 Å². The Hall–Kier alpha value is -2.61. The summed E-state index contributed by atoms with van der Waals surface area (Å²) < 4.78 is 5.57. The predicted molar refractivity (Wildman–Crippen MR) is 160 cm³/mol. The largest absolute Gasteiger partial charge is 0.494 e. The van der Waals surface area contributed by atoms with Gasteiger partial charge in [0.2, 0.25) is 11.8 Å². The van der Waals surface area contributed by atoms with E-state index < -0.39 is 10.8 Å². The number of nitrogens with two attached hydrogens (primary N) is 2. The normalized spacial score (nSPS) is 26.7. The number of anilines is 2. The van der Waals surface area contributed by atoms with E-state index in [4.69, 9.17) is 16.2 Å². The van der Waals surface area contributed by atoms with Gasteiger partial charge in [-0.2, -0.15) is 0 Å². The average molecular weight is 557 g/mol. The molecule has 2 amide bonds. The third kappa shape index (κ3) is 6.42. The maximum atomic E-state index is 14.4. The van der Waals surface area contributed by atoms with Crippen LogP contribution in [0.4, 0.5) is 11.4 Å². The maximum Gasteiger partial charge on any atom is 0.231 e. The molecule has 0 atom stereocenters. The highest BCUT2D eigenvalue weighted by atomic mass is 35.5. The monoisotopic (exact) mass is 556 g/mol. The average Bonchev–Trinajstić information content (AvgIpc) is 2.95. The molecule has 0 spiro atoms. The van der Waals surface area contributed by atoms with Crippen molar-refractivity contribution in [1.82, 2.24) is 0 Å². The van der Waals surface area contributed by atoms with Crippen LogP contribution >= 0.6 is 12.4 Å². The van der Waals surface area contributed by atoms with Crippen LogP contribution in [0.1, 0.15) is 63.9 Å². The minimum atomic E-state index is -0.830. The second-order valence-corrected chi connectivity index (χ2v) is 11.2.